The lowest BCUT2D eigenvalue weighted by molar-refractivity contribution is 0.0147. The van der Waals surface area contributed by atoms with Crippen molar-refractivity contribution in [3.05, 3.63) is 0 Å². The Hall–Kier alpha value is -0.770. The Morgan fingerprint density at radius 3 is 2.30 bits per heavy atom. The molecule has 1 saturated heterocycles. The topological polar surface area (TPSA) is 69.2 Å². The van der Waals surface area contributed by atoms with Crippen molar-refractivity contribution < 1.29 is 9.53 Å². The number of carbonyl (C=O) groups excluding carboxylic acids is 1. The molecule has 2 aliphatic rings. The summed E-state index contributed by atoms with van der Waals surface area (Å²) in [7, 11) is 1.83. The monoisotopic (exact) mass is 495 g/mol. The molecule has 0 spiro atoms. The number of hydrogen-bond acceptors (Lipinski definition) is 4. The summed E-state index contributed by atoms with van der Waals surface area (Å²) >= 11 is 0. The summed E-state index contributed by atoms with van der Waals surface area (Å²) < 4.78 is 5.44. The molecule has 0 bridgehead atoms. The molecule has 1 saturated carbocycles. The van der Waals surface area contributed by atoms with Crippen LogP contribution in [0.4, 0.5) is 4.79 Å². The lowest BCUT2D eigenvalue weighted by Crippen LogP contribution is -2.52. The van der Waals surface area contributed by atoms with Gasteiger partial charge in [0.25, 0.3) is 0 Å². The number of rotatable bonds is 4. The number of ether oxygens (including phenoxy) is 1. The summed E-state index contributed by atoms with van der Waals surface area (Å²) in [6, 6.07) is 0.562. The molecule has 8 heteroatoms. The van der Waals surface area contributed by atoms with E-state index in [1.54, 1.807) is 4.90 Å². The van der Waals surface area contributed by atoms with Gasteiger partial charge in [-0.3, -0.25) is 9.89 Å². The second-order valence-electron chi connectivity index (χ2n) is 8.29. The summed E-state index contributed by atoms with van der Waals surface area (Å²) in [5, 5.41) is 6.96. The van der Waals surface area contributed by atoms with Crippen LogP contribution in [0.25, 0.3) is 0 Å². The number of carbonyl (C=O) groups is 1. The predicted molar refractivity (Wildman–Crippen MR) is 121 cm³/mol. The standard InChI is InChI=1S/C19H37N5O2.HI/c1-19(2,3)26-18(25)24-14-12-23(13-15-24)11-10-21-17(20-4)22-16-8-6-5-7-9-16;/h16H,5-15H2,1-4H3,(H2,20,21,22);1H. The normalized spacial score (nSPS) is 20.0. The Morgan fingerprint density at radius 1 is 1.11 bits per heavy atom. The van der Waals surface area contributed by atoms with E-state index in [0.717, 1.165) is 45.2 Å². The first-order valence-corrected chi connectivity index (χ1v) is 10.0. The number of aliphatic imine (C=N–C) groups is 1. The van der Waals surface area contributed by atoms with Gasteiger partial charge in [-0.1, -0.05) is 19.3 Å². The lowest BCUT2D eigenvalue weighted by Gasteiger charge is -2.35. The molecule has 0 aromatic carbocycles. The van der Waals surface area contributed by atoms with Gasteiger partial charge < -0.3 is 20.3 Å². The molecule has 158 valence electrons. The summed E-state index contributed by atoms with van der Waals surface area (Å²) in [4.78, 5) is 20.6. The molecule has 0 aromatic heterocycles. The molecule has 1 amide bonds. The van der Waals surface area contributed by atoms with Gasteiger partial charge in [0.05, 0.1) is 0 Å². The first-order valence-electron chi connectivity index (χ1n) is 10.0. The van der Waals surface area contributed by atoms with Crippen LogP contribution in [0.5, 0.6) is 0 Å². The zero-order chi connectivity index (χ0) is 19.0. The van der Waals surface area contributed by atoms with Crippen molar-refractivity contribution in [1.82, 2.24) is 20.4 Å². The van der Waals surface area contributed by atoms with Crippen LogP contribution in [0.15, 0.2) is 4.99 Å². The SMILES string of the molecule is CN=C(NCCN1CCN(C(=O)OC(C)(C)C)CC1)NC1CCCCC1.I. The minimum absolute atomic E-state index is 0. The highest BCUT2D eigenvalue weighted by Crippen LogP contribution is 2.17. The average molecular weight is 495 g/mol. The van der Waals surface area contributed by atoms with Crippen molar-refractivity contribution in [2.24, 2.45) is 4.99 Å². The Kier molecular flexibility index (Phi) is 10.7. The molecular formula is C19H38IN5O2. The van der Waals surface area contributed by atoms with Crippen LogP contribution >= 0.6 is 24.0 Å². The van der Waals surface area contributed by atoms with E-state index in [1.165, 1.54) is 32.1 Å². The number of nitrogens with one attached hydrogen (secondary N) is 2. The van der Waals surface area contributed by atoms with Crippen LogP contribution in [-0.2, 0) is 4.74 Å². The van der Waals surface area contributed by atoms with Crippen LogP contribution in [0.2, 0.25) is 0 Å². The van der Waals surface area contributed by atoms with Gasteiger partial charge in [-0.15, -0.1) is 24.0 Å². The third-order valence-electron chi connectivity index (χ3n) is 4.91. The number of halogens is 1. The Morgan fingerprint density at radius 2 is 1.74 bits per heavy atom. The molecule has 7 nitrogen and oxygen atoms in total. The van der Waals surface area contributed by atoms with Crippen LogP contribution < -0.4 is 10.6 Å². The summed E-state index contributed by atoms with van der Waals surface area (Å²) in [6.07, 6.45) is 6.28. The summed E-state index contributed by atoms with van der Waals surface area (Å²) in [5.41, 5.74) is -0.431. The fourth-order valence-corrected chi connectivity index (χ4v) is 3.45. The first kappa shape index (κ1) is 24.3. The minimum atomic E-state index is -0.431. The van der Waals surface area contributed by atoms with E-state index in [2.05, 4.69) is 20.5 Å². The van der Waals surface area contributed by atoms with E-state index in [4.69, 9.17) is 4.74 Å². The van der Waals surface area contributed by atoms with Crippen LogP contribution in [-0.4, -0.2) is 79.8 Å². The second kappa shape index (κ2) is 11.9. The van der Waals surface area contributed by atoms with Crippen molar-refractivity contribution in [1.29, 1.82) is 0 Å². The van der Waals surface area contributed by atoms with E-state index in [-0.39, 0.29) is 30.1 Å². The van der Waals surface area contributed by atoms with Crippen molar-refractivity contribution >= 4 is 36.0 Å². The van der Waals surface area contributed by atoms with Crippen molar-refractivity contribution in [3.8, 4) is 0 Å². The molecule has 0 atom stereocenters. The highest BCUT2D eigenvalue weighted by Gasteiger charge is 2.25. The van der Waals surface area contributed by atoms with Gasteiger partial charge in [0.2, 0.25) is 0 Å². The average Bonchev–Trinajstić information content (AvgIpc) is 2.61. The fraction of sp³-hybridized carbons (Fsp3) is 0.895. The Balaban J connectivity index is 0.00000364. The van der Waals surface area contributed by atoms with Gasteiger partial charge in [-0.05, 0) is 33.6 Å². The highest BCUT2D eigenvalue weighted by molar-refractivity contribution is 14.0. The third-order valence-corrected chi connectivity index (χ3v) is 4.91. The Bertz CT molecular complexity index is 467. The van der Waals surface area contributed by atoms with Gasteiger partial charge in [-0.25, -0.2) is 4.79 Å². The number of amides is 1. The third kappa shape index (κ3) is 9.32. The molecule has 1 aliphatic heterocycles. The molecule has 2 fully saturated rings. The molecule has 1 aliphatic carbocycles. The summed E-state index contributed by atoms with van der Waals surface area (Å²) in [6.45, 7) is 10.7. The molecular weight excluding hydrogens is 457 g/mol. The van der Waals surface area contributed by atoms with Crippen LogP contribution in [0, 0.1) is 0 Å². The number of nitrogens with zero attached hydrogens (tertiary/aromatic N) is 3. The number of piperazine rings is 1. The minimum Gasteiger partial charge on any atom is -0.444 e. The molecule has 0 radical (unpaired) electrons. The second-order valence-corrected chi connectivity index (χ2v) is 8.29. The van der Waals surface area contributed by atoms with Gasteiger partial charge >= 0.3 is 6.09 Å². The smallest absolute Gasteiger partial charge is 0.410 e. The quantitative estimate of drug-likeness (QED) is 0.357. The van der Waals surface area contributed by atoms with Gasteiger partial charge in [-0.2, -0.15) is 0 Å². The maximum absolute atomic E-state index is 12.1. The fourth-order valence-electron chi connectivity index (χ4n) is 3.45. The Labute approximate surface area is 181 Å². The zero-order valence-electron chi connectivity index (χ0n) is 17.4. The molecule has 0 unspecified atom stereocenters. The van der Waals surface area contributed by atoms with Crippen molar-refractivity contribution in [3.63, 3.8) is 0 Å². The summed E-state index contributed by atoms with van der Waals surface area (Å²) in [5.74, 6) is 0.907. The molecule has 27 heavy (non-hydrogen) atoms. The van der Waals surface area contributed by atoms with Crippen LogP contribution in [0.3, 0.4) is 0 Å². The maximum atomic E-state index is 12.1. The van der Waals surface area contributed by atoms with E-state index >= 15 is 0 Å². The molecule has 1 heterocycles. The van der Waals surface area contributed by atoms with Crippen molar-refractivity contribution in [2.75, 3.05) is 46.3 Å². The van der Waals surface area contributed by atoms with Gasteiger partial charge in [0, 0.05) is 52.4 Å². The van der Waals surface area contributed by atoms with E-state index in [0.29, 0.717) is 6.04 Å². The van der Waals surface area contributed by atoms with Gasteiger partial charge in [0.15, 0.2) is 5.96 Å². The number of hydrogen-bond donors (Lipinski definition) is 2. The largest absolute Gasteiger partial charge is 0.444 e. The van der Waals surface area contributed by atoms with Gasteiger partial charge in [0.1, 0.15) is 5.60 Å². The molecule has 0 aromatic rings. The van der Waals surface area contributed by atoms with E-state index in [1.807, 2.05) is 27.8 Å². The number of guanidine groups is 1. The molecule has 2 rings (SSSR count). The lowest BCUT2D eigenvalue weighted by atomic mass is 9.96. The van der Waals surface area contributed by atoms with E-state index < -0.39 is 5.60 Å². The zero-order valence-corrected chi connectivity index (χ0v) is 19.8. The van der Waals surface area contributed by atoms with Crippen LogP contribution in [0.1, 0.15) is 52.9 Å². The maximum Gasteiger partial charge on any atom is 0.410 e. The first-order chi connectivity index (χ1) is 12.4. The predicted octanol–water partition coefficient (Wildman–Crippen LogP) is 2.65. The highest BCUT2D eigenvalue weighted by atomic mass is 127. The molecule has 2 N–H and O–H groups in total. The van der Waals surface area contributed by atoms with Crippen molar-refractivity contribution in [2.45, 2.75) is 64.5 Å². The van der Waals surface area contributed by atoms with E-state index in [9.17, 15) is 4.79 Å².